The molecule has 2 heterocycles. The van der Waals surface area contributed by atoms with Crippen LogP contribution in [0.25, 0.3) is 50.0 Å². The number of benzene rings is 4. The van der Waals surface area contributed by atoms with Crippen LogP contribution in [0.2, 0.25) is 0 Å². The van der Waals surface area contributed by atoms with Gasteiger partial charge in [0.1, 0.15) is 5.52 Å². The summed E-state index contributed by atoms with van der Waals surface area (Å²) < 4.78 is 8.38. The molecule has 0 fully saturated rings. The van der Waals surface area contributed by atoms with E-state index in [1.54, 1.807) is 0 Å². The molecule has 6 aromatic rings. The van der Waals surface area contributed by atoms with Gasteiger partial charge in [-0.15, -0.1) is 0 Å². The molecule has 0 bridgehead atoms. The van der Waals surface area contributed by atoms with E-state index >= 15 is 0 Å². The lowest BCUT2D eigenvalue weighted by atomic mass is 9.82. The SMILES string of the molecule is CC1(C)c2ccccc2-c2cc3c4ccccc4n(-c4nc5ccccc5o4)c3cc21. The molecule has 0 amide bonds. The molecule has 0 radical (unpaired) electrons. The fraction of sp³-hybridized carbons (Fsp3) is 0.107. The maximum absolute atomic E-state index is 6.21. The smallest absolute Gasteiger partial charge is 0.307 e. The summed E-state index contributed by atoms with van der Waals surface area (Å²) in [7, 11) is 0. The predicted octanol–water partition coefficient (Wildman–Crippen LogP) is 7.23. The maximum atomic E-state index is 6.21. The van der Waals surface area contributed by atoms with Crippen LogP contribution in [0.4, 0.5) is 0 Å². The topological polar surface area (TPSA) is 31.0 Å². The highest BCUT2D eigenvalue weighted by atomic mass is 16.4. The van der Waals surface area contributed by atoms with Crippen molar-refractivity contribution in [2.75, 3.05) is 0 Å². The third-order valence-electron chi connectivity index (χ3n) is 6.85. The second kappa shape index (κ2) is 5.64. The van der Waals surface area contributed by atoms with Gasteiger partial charge in [0.2, 0.25) is 0 Å². The first kappa shape index (κ1) is 16.9. The second-order valence-corrected chi connectivity index (χ2v) is 8.90. The summed E-state index contributed by atoms with van der Waals surface area (Å²) in [6, 6.07) is 30.5. The number of oxazole rings is 1. The lowest BCUT2D eigenvalue weighted by molar-refractivity contribution is 0.574. The number of rotatable bonds is 1. The molecular weight excluding hydrogens is 380 g/mol. The molecule has 1 aliphatic carbocycles. The highest BCUT2D eigenvalue weighted by molar-refractivity contribution is 6.11. The first-order chi connectivity index (χ1) is 15.1. The minimum Gasteiger partial charge on any atom is -0.423 e. The van der Waals surface area contributed by atoms with Crippen molar-refractivity contribution in [2.45, 2.75) is 19.3 Å². The van der Waals surface area contributed by atoms with E-state index in [1.807, 2.05) is 24.3 Å². The van der Waals surface area contributed by atoms with Crippen LogP contribution in [0.1, 0.15) is 25.0 Å². The predicted molar refractivity (Wildman–Crippen MR) is 126 cm³/mol. The van der Waals surface area contributed by atoms with Crippen molar-refractivity contribution >= 4 is 32.9 Å². The molecule has 0 unspecified atom stereocenters. The van der Waals surface area contributed by atoms with Crippen LogP contribution in [0.5, 0.6) is 0 Å². The van der Waals surface area contributed by atoms with Crippen LogP contribution in [0.3, 0.4) is 0 Å². The number of para-hydroxylation sites is 3. The summed E-state index contributed by atoms with van der Waals surface area (Å²) in [4.78, 5) is 4.82. The Hall–Kier alpha value is -3.85. The lowest BCUT2D eigenvalue weighted by Crippen LogP contribution is -2.14. The molecule has 0 aliphatic heterocycles. The van der Waals surface area contributed by atoms with E-state index in [2.05, 4.69) is 79.1 Å². The van der Waals surface area contributed by atoms with E-state index in [1.165, 1.54) is 33.0 Å². The molecule has 0 atom stereocenters. The van der Waals surface area contributed by atoms with Gasteiger partial charge in [-0.25, -0.2) is 0 Å². The number of hydrogen-bond acceptors (Lipinski definition) is 2. The Balaban J connectivity index is 1.63. The van der Waals surface area contributed by atoms with E-state index in [-0.39, 0.29) is 5.41 Å². The minimum absolute atomic E-state index is 0.0529. The monoisotopic (exact) mass is 400 g/mol. The lowest BCUT2D eigenvalue weighted by Gasteiger charge is -2.21. The van der Waals surface area contributed by atoms with Crippen molar-refractivity contribution in [1.29, 1.82) is 0 Å². The molecule has 0 N–H and O–H groups in total. The van der Waals surface area contributed by atoms with Gasteiger partial charge >= 0.3 is 6.01 Å². The summed E-state index contributed by atoms with van der Waals surface area (Å²) in [6.45, 7) is 4.63. The summed E-state index contributed by atoms with van der Waals surface area (Å²) in [6.07, 6.45) is 0. The average Bonchev–Trinajstić information content (AvgIpc) is 3.42. The summed E-state index contributed by atoms with van der Waals surface area (Å²) in [5, 5.41) is 2.44. The van der Waals surface area contributed by atoms with Crippen molar-refractivity contribution in [3.63, 3.8) is 0 Å². The van der Waals surface area contributed by atoms with Crippen LogP contribution in [0.15, 0.2) is 89.3 Å². The molecule has 4 aromatic carbocycles. The van der Waals surface area contributed by atoms with Gasteiger partial charge in [0.05, 0.1) is 11.0 Å². The van der Waals surface area contributed by atoms with Crippen LogP contribution < -0.4 is 0 Å². The minimum atomic E-state index is -0.0529. The van der Waals surface area contributed by atoms with Crippen molar-refractivity contribution in [2.24, 2.45) is 0 Å². The Kier molecular flexibility index (Phi) is 3.07. The fourth-order valence-corrected chi connectivity index (χ4v) is 5.32. The Morgan fingerprint density at radius 2 is 1.48 bits per heavy atom. The van der Waals surface area contributed by atoms with Gasteiger partial charge in [0, 0.05) is 16.2 Å². The van der Waals surface area contributed by atoms with Gasteiger partial charge < -0.3 is 4.42 Å². The molecule has 3 nitrogen and oxygen atoms in total. The molecule has 1 aliphatic rings. The summed E-state index contributed by atoms with van der Waals surface area (Å²) in [5.41, 5.74) is 9.26. The van der Waals surface area contributed by atoms with Gasteiger partial charge in [-0.3, -0.25) is 4.57 Å². The molecule has 0 saturated heterocycles. The van der Waals surface area contributed by atoms with Crippen molar-refractivity contribution in [3.8, 4) is 17.1 Å². The molecule has 148 valence electrons. The van der Waals surface area contributed by atoms with Crippen molar-refractivity contribution < 1.29 is 4.42 Å². The second-order valence-electron chi connectivity index (χ2n) is 8.90. The first-order valence-electron chi connectivity index (χ1n) is 10.7. The zero-order valence-electron chi connectivity index (χ0n) is 17.4. The molecule has 0 spiro atoms. The average molecular weight is 400 g/mol. The van der Waals surface area contributed by atoms with Gasteiger partial charge in [-0.1, -0.05) is 68.4 Å². The molecule has 0 saturated carbocycles. The Morgan fingerprint density at radius 1 is 0.710 bits per heavy atom. The van der Waals surface area contributed by atoms with E-state index in [0.717, 1.165) is 22.1 Å². The van der Waals surface area contributed by atoms with Crippen molar-refractivity contribution in [1.82, 2.24) is 9.55 Å². The Labute approximate surface area is 179 Å². The molecule has 31 heavy (non-hydrogen) atoms. The number of fused-ring (bicyclic) bond motifs is 7. The van der Waals surface area contributed by atoms with E-state index in [4.69, 9.17) is 9.40 Å². The van der Waals surface area contributed by atoms with Crippen LogP contribution in [-0.2, 0) is 5.41 Å². The Bertz CT molecular complexity index is 1630. The maximum Gasteiger partial charge on any atom is 0.307 e. The normalized spacial score (nSPS) is 14.4. The molecule has 3 heteroatoms. The van der Waals surface area contributed by atoms with Crippen LogP contribution in [-0.4, -0.2) is 9.55 Å². The highest BCUT2D eigenvalue weighted by Gasteiger charge is 2.36. The van der Waals surface area contributed by atoms with Gasteiger partial charge in [-0.05, 0) is 52.6 Å². The van der Waals surface area contributed by atoms with E-state index < -0.39 is 0 Å². The molecule has 2 aromatic heterocycles. The van der Waals surface area contributed by atoms with Gasteiger partial charge in [0.15, 0.2) is 5.58 Å². The van der Waals surface area contributed by atoms with Crippen molar-refractivity contribution in [3.05, 3.63) is 96.1 Å². The van der Waals surface area contributed by atoms with E-state index in [0.29, 0.717) is 6.01 Å². The zero-order valence-corrected chi connectivity index (χ0v) is 17.4. The largest absolute Gasteiger partial charge is 0.423 e. The van der Waals surface area contributed by atoms with Crippen LogP contribution in [0, 0.1) is 0 Å². The molecular formula is C28H20N2O. The van der Waals surface area contributed by atoms with Gasteiger partial charge in [0.25, 0.3) is 0 Å². The number of aromatic nitrogens is 2. The zero-order chi connectivity index (χ0) is 20.7. The summed E-state index contributed by atoms with van der Waals surface area (Å²) >= 11 is 0. The first-order valence-corrected chi connectivity index (χ1v) is 10.7. The quantitative estimate of drug-likeness (QED) is 0.291. The molecule has 7 rings (SSSR count). The standard InChI is InChI=1S/C28H20N2O/c1-28(2)21-11-5-3-9-17(21)19-15-20-18-10-4-7-13-24(18)30(25(20)16-22(19)28)27-29-23-12-6-8-14-26(23)31-27/h3-16H,1-2H3. The number of nitrogens with zero attached hydrogens (tertiary/aromatic N) is 2. The highest BCUT2D eigenvalue weighted by Crippen LogP contribution is 2.50. The number of hydrogen-bond donors (Lipinski definition) is 0. The van der Waals surface area contributed by atoms with Gasteiger partial charge in [-0.2, -0.15) is 4.98 Å². The Morgan fingerprint density at radius 3 is 2.39 bits per heavy atom. The third-order valence-corrected chi connectivity index (χ3v) is 6.85. The van der Waals surface area contributed by atoms with Crippen LogP contribution >= 0.6 is 0 Å². The fourth-order valence-electron chi connectivity index (χ4n) is 5.32. The third kappa shape index (κ3) is 2.10. The summed E-state index contributed by atoms with van der Waals surface area (Å²) in [5.74, 6) is 0. The van der Waals surface area contributed by atoms with E-state index in [9.17, 15) is 0 Å².